The van der Waals surface area contributed by atoms with E-state index in [4.69, 9.17) is 17.2 Å². The molecule has 0 aliphatic heterocycles. The van der Waals surface area contributed by atoms with Crippen molar-refractivity contribution >= 4 is 17.8 Å². The smallest absolute Gasteiger partial charge is 0.226 e. The number of nitrogens with two attached hydrogens (primary N) is 3. The van der Waals surface area contributed by atoms with Crippen molar-refractivity contribution in [3.05, 3.63) is 0 Å². The summed E-state index contributed by atoms with van der Waals surface area (Å²) in [6, 6.07) is 0. The summed E-state index contributed by atoms with van der Waals surface area (Å²) in [5.74, 6) is 0.125. The van der Waals surface area contributed by atoms with E-state index in [-0.39, 0.29) is 39.6 Å². The fraction of sp³-hybridized carbons (Fsp3) is 0. The molecular weight excluding hydrogens is 168 g/mol. The van der Waals surface area contributed by atoms with Gasteiger partial charge >= 0.3 is 0 Å². The van der Waals surface area contributed by atoms with Gasteiger partial charge in [0, 0.05) is 21.7 Å². The second-order valence-electron chi connectivity index (χ2n) is 1.41. The van der Waals surface area contributed by atoms with Crippen molar-refractivity contribution in [2.45, 2.75) is 0 Å². The van der Waals surface area contributed by atoms with E-state index in [0.29, 0.717) is 0 Å². The minimum atomic E-state index is 0. The van der Waals surface area contributed by atoms with Crippen LogP contribution >= 0.6 is 0 Å². The predicted molar refractivity (Wildman–Crippen MR) is 33.1 cm³/mol. The zero-order valence-corrected chi connectivity index (χ0v) is 6.64. The number of rotatable bonds is 0. The van der Waals surface area contributed by atoms with Crippen molar-refractivity contribution in [3.8, 4) is 0 Å². The van der Waals surface area contributed by atoms with E-state index >= 15 is 0 Å². The topological polar surface area (TPSA) is 117 Å². The van der Waals surface area contributed by atoms with Crippen LogP contribution in [0.3, 0.4) is 0 Å². The molecule has 10 heavy (non-hydrogen) atoms. The maximum absolute atomic E-state index is 5.14. The average Bonchev–Trinajstić information content (AvgIpc) is 1.59. The Hall–Kier alpha value is -0.876. The van der Waals surface area contributed by atoms with Gasteiger partial charge in [0.25, 0.3) is 0 Å². The molecule has 0 fully saturated rings. The van der Waals surface area contributed by atoms with Crippen molar-refractivity contribution < 1.29 is 21.7 Å². The van der Waals surface area contributed by atoms with Gasteiger partial charge < -0.3 is 17.2 Å². The van der Waals surface area contributed by atoms with Gasteiger partial charge in [-0.1, -0.05) is 0 Å². The maximum Gasteiger partial charge on any atom is 0.226 e. The monoisotopic (exact) mass is 174 g/mol. The van der Waals surface area contributed by atoms with E-state index in [9.17, 15) is 0 Å². The summed E-state index contributed by atoms with van der Waals surface area (Å²) < 4.78 is 0. The van der Waals surface area contributed by atoms with Gasteiger partial charge in [-0.3, -0.25) is 0 Å². The molecule has 1 rings (SSSR count). The number of hydrogen-bond donors (Lipinski definition) is 3. The van der Waals surface area contributed by atoms with E-state index in [2.05, 4.69) is 15.0 Å². The largest absolute Gasteiger partial charge is 0.368 e. The molecular formula is C3H6N6Ti. The number of nitrogens with zero attached hydrogens (tertiary/aromatic N) is 3. The van der Waals surface area contributed by atoms with Crippen molar-refractivity contribution in [2.24, 2.45) is 0 Å². The van der Waals surface area contributed by atoms with Crippen LogP contribution in [0.2, 0.25) is 0 Å². The molecule has 0 aliphatic rings. The maximum atomic E-state index is 5.14. The van der Waals surface area contributed by atoms with Crippen LogP contribution in [0.1, 0.15) is 0 Å². The van der Waals surface area contributed by atoms with Gasteiger partial charge in [0.1, 0.15) is 0 Å². The number of nitrogen functional groups attached to an aromatic ring is 3. The quantitative estimate of drug-likeness (QED) is 0.417. The molecule has 0 radical (unpaired) electrons. The molecule has 0 amide bonds. The molecule has 0 atom stereocenters. The van der Waals surface area contributed by atoms with Crippen molar-refractivity contribution in [2.75, 3.05) is 17.2 Å². The van der Waals surface area contributed by atoms with E-state index in [1.165, 1.54) is 0 Å². The van der Waals surface area contributed by atoms with Crippen LogP contribution in [0, 0.1) is 0 Å². The number of aromatic nitrogens is 3. The predicted octanol–water partition coefficient (Wildman–Crippen LogP) is -1.38. The van der Waals surface area contributed by atoms with Crippen molar-refractivity contribution in [3.63, 3.8) is 0 Å². The molecule has 52 valence electrons. The Bertz CT molecular complexity index is 174. The second-order valence-corrected chi connectivity index (χ2v) is 1.41. The van der Waals surface area contributed by atoms with E-state index < -0.39 is 0 Å². The van der Waals surface area contributed by atoms with Gasteiger partial charge in [0.2, 0.25) is 17.8 Å². The standard InChI is InChI=1S/C3H6N6.Ti/c4-1-7-2(5)9-3(6)8-1;/h(H6,4,5,6,7,8,9);. The average molecular weight is 174 g/mol. The van der Waals surface area contributed by atoms with Crippen molar-refractivity contribution in [1.29, 1.82) is 0 Å². The summed E-state index contributed by atoms with van der Waals surface area (Å²) in [6.45, 7) is 0. The SMILES string of the molecule is Nc1nc(N)nc(N)n1.[Ti]. The Labute approximate surface area is 72.1 Å². The summed E-state index contributed by atoms with van der Waals surface area (Å²) >= 11 is 0. The Balaban J connectivity index is 0.000000810. The van der Waals surface area contributed by atoms with E-state index in [1.54, 1.807) is 0 Å². The minimum absolute atomic E-state index is 0. The Kier molecular flexibility index (Phi) is 3.04. The van der Waals surface area contributed by atoms with E-state index in [1.807, 2.05) is 0 Å². The number of anilines is 3. The molecule has 0 bridgehead atoms. The zero-order chi connectivity index (χ0) is 6.85. The molecule has 1 heterocycles. The summed E-state index contributed by atoms with van der Waals surface area (Å²) in [5.41, 5.74) is 15.4. The van der Waals surface area contributed by atoms with Crippen molar-refractivity contribution in [1.82, 2.24) is 15.0 Å². The van der Waals surface area contributed by atoms with Crippen LogP contribution in [0.15, 0.2) is 0 Å². The molecule has 0 aliphatic carbocycles. The molecule has 1 aromatic rings. The van der Waals surface area contributed by atoms with Gasteiger partial charge in [0.15, 0.2) is 0 Å². The Morgan fingerprint density at radius 2 is 0.900 bits per heavy atom. The van der Waals surface area contributed by atoms with Gasteiger partial charge in [-0.05, 0) is 0 Å². The molecule has 1 aromatic heterocycles. The summed E-state index contributed by atoms with van der Waals surface area (Å²) in [4.78, 5) is 10.5. The first-order valence-corrected chi connectivity index (χ1v) is 2.21. The Morgan fingerprint density at radius 3 is 1.10 bits per heavy atom. The van der Waals surface area contributed by atoms with Gasteiger partial charge in [-0.15, -0.1) is 0 Å². The first-order chi connectivity index (χ1) is 4.18. The van der Waals surface area contributed by atoms with Crippen LogP contribution in [0.4, 0.5) is 17.8 Å². The Morgan fingerprint density at radius 1 is 0.700 bits per heavy atom. The normalized spacial score (nSPS) is 8.40. The number of hydrogen-bond acceptors (Lipinski definition) is 6. The zero-order valence-electron chi connectivity index (χ0n) is 5.07. The molecule has 0 saturated heterocycles. The van der Waals surface area contributed by atoms with Crippen LogP contribution in [0.5, 0.6) is 0 Å². The van der Waals surface area contributed by atoms with E-state index in [0.717, 1.165) is 0 Å². The fourth-order valence-corrected chi connectivity index (χ4v) is 0.427. The second kappa shape index (κ2) is 3.33. The minimum Gasteiger partial charge on any atom is -0.368 e. The fourth-order valence-electron chi connectivity index (χ4n) is 0.427. The first-order valence-electron chi connectivity index (χ1n) is 2.21. The van der Waals surface area contributed by atoms with Crippen LogP contribution in [-0.4, -0.2) is 15.0 Å². The molecule has 0 aromatic carbocycles. The third-order valence-corrected chi connectivity index (χ3v) is 0.687. The molecule has 0 saturated carbocycles. The molecule has 0 unspecified atom stereocenters. The van der Waals surface area contributed by atoms with Gasteiger partial charge in [0.05, 0.1) is 0 Å². The van der Waals surface area contributed by atoms with Crippen LogP contribution in [-0.2, 0) is 21.7 Å². The first kappa shape index (κ1) is 9.12. The third kappa shape index (κ3) is 2.16. The van der Waals surface area contributed by atoms with Gasteiger partial charge in [-0.25, -0.2) is 0 Å². The third-order valence-electron chi connectivity index (χ3n) is 0.687. The molecule has 6 nitrogen and oxygen atoms in total. The molecule has 7 heteroatoms. The van der Waals surface area contributed by atoms with Gasteiger partial charge in [-0.2, -0.15) is 15.0 Å². The summed E-state index contributed by atoms with van der Waals surface area (Å²) in [7, 11) is 0. The van der Waals surface area contributed by atoms with Crippen LogP contribution in [0.25, 0.3) is 0 Å². The van der Waals surface area contributed by atoms with Crippen LogP contribution < -0.4 is 17.2 Å². The summed E-state index contributed by atoms with van der Waals surface area (Å²) in [5, 5.41) is 0. The molecule has 6 N–H and O–H groups in total. The molecule has 0 spiro atoms. The summed E-state index contributed by atoms with van der Waals surface area (Å²) in [6.07, 6.45) is 0.